The van der Waals surface area contributed by atoms with Crippen molar-refractivity contribution in [1.29, 1.82) is 0 Å². The van der Waals surface area contributed by atoms with Crippen molar-refractivity contribution >= 4 is 16.0 Å². The Kier molecular flexibility index (Phi) is 8.13. The molecule has 0 aliphatic carbocycles. The molecule has 0 heterocycles. The summed E-state index contributed by atoms with van der Waals surface area (Å²) in [5, 5.41) is 6.08. The van der Waals surface area contributed by atoms with E-state index in [2.05, 4.69) is 20.4 Å². The molecule has 0 bridgehead atoms. The molecule has 0 saturated heterocycles. The van der Waals surface area contributed by atoms with Crippen molar-refractivity contribution in [3.8, 4) is 5.75 Å². The molecule has 2 rings (SSSR count). The van der Waals surface area contributed by atoms with Gasteiger partial charge in [-0.2, -0.15) is 8.78 Å². The average Bonchev–Trinajstić information content (AvgIpc) is 2.69. The number of alkyl halides is 2. The highest BCUT2D eigenvalue weighted by molar-refractivity contribution is 7.89. The number of aliphatic imine (C=N–C) groups is 1. The maximum Gasteiger partial charge on any atom is 0.387 e. The molecule has 10 heteroatoms. The first-order valence-corrected chi connectivity index (χ1v) is 10.6. The largest absolute Gasteiger partial charge is 0.434 e. The number of hydrogen-bond donors (Lipinski definition) is 2. The van der Waals surface area contributed by atoms with Gasteiger partial charge in [-0.3, -0.25) is 4.99 Å². The van der Waals surface area contributed by atoms with Gasteiger partial charge in [0, 0.05) is 39.8 Å². The highest BCUT2D eigenvalue weighted by atomic mass is 32.2. The Labute approximate surface area is 175 Å². The van der Waals surface area contributed by atoms with Crippen molar-refractivity contribution in [1.82, 2.24) is 14.9 Å². The smallest absolute Gasteiger partial charge is 0.387 e. The number of sulfonamides is 1. The first kappa shape index (κ1) is 23.6. The number of nitrogens with zero attached hydrogens (tertiary/aromatic N) is 2. The number of benzene rings is 2. The molecular weight excluding hydrogens is 414 g/mol. The number of ether oxygens (including phenoxy) is 1. The second-order valence-electron chi connectivity index (χ2n) is 6.66. The summed E-state index contributed by atoms with van der Waals surface area (Å²) in [6, 6.07) is 11.6. The lowest BCUT2D eigenvalue weighted by molar-refractivity contribution is -0.0504. The fourth-order valence-electron chi connectivity index (χ4n) is 2.73. The number of halogens is 2. The SMILES string of the molecule is CN=C(NCc1cc(C)ccc1OC(F)F)NCc1ccccc1S(=O)(=O)N(C)C. The van der Waals surface area contributed by atoms with E-state index in [0.717, 1.165) is 9.87 Å². The summed E-state index contributed by atoms with van der Waals surface area (Å²) in [5.74, 6) is 0.470. The number of aryl methyl sites for hydroxylation is 1. The van der Waals surface area contributed by atoms with Crippen LogP contribution >= 0.6 is 0 Å². The molecule has 0 aliphatic heterocycles. The zero-order valence-corrected chi connectivity index (χ0v) is 18.1. The van der Waals surface area contributed by atoms with E-state index in [1.807, 2.05) is 6.92 Å². The lowest BCUT2D eigenvalue weighted by atomic mass is 10.1. The van der Waals surface area contributed by atoms with E-state index < -0.39 is 16.6 Å². The average molecular weight is 441 g/mol. The van der Waals surface area contributed by atoms with Crippen LogP contribution in [0, 0.1) is 6.92 Å². The maximum atomic E-state index is 12.6. The summed E-state index contributed by atoms with van der Waals surface area (Å²) >= 11 is 0. The molecule has 0 spiro atoms. The van der Waals surface area contributed by atoms with Crippen molar-refractivity contribution in [3.05, 3.63) is 59.2 Å². The Morgan fingerprint density at radius 1 is 1.10 bits per heavy atom. The third-order valence-corrected chi connectivity index (χ3v) is 6.19. The predicted molar refractivity (Wildman–Crippen MR) is 112 cm³/mol. The van der Waals surface area contributed by atoms with Gasteiger partial charge < -0.3 is 15.4 Å². The van der Waals surface area contributed by atoms with Gasteiger partial charge in [0.15, 0.2) is 5.96 Å². The van der Waals surface area contributed by atoms with E-state index in [1.165, 1.54) is 20.2 Å². The molecule has 0 aromatic heterocycles. The minimum absolute atomic E-state index is 0.0842. The standard InChI is InChI=1S/C20H26F2N4O3S/c1-14-9-10-17(29-19(21)22)16(11-14)13-25-20(23-2)24-12-15-7-5-6-8-18(15)30(27,28)26(3)4/h5-11,19H,12-13H2,1-4H3,(H2,23,24,25). The second-order valence-corrected chi connectivity index (χ2v) is 8.78. The van der Waals surface area contributed by atoms with Crippen molar-refractivity contribution in [2.75, 3.05) is 21.1 Å². The van der Waals surface area contributed by atoms with Gasteiger partial charge in [-0.25, -0.2) is 12.7 Å². The molecule has 2 N–H and O–H groups in total. The predicted octanol–water partition coefficient (Wildman–Crippen LogP) is 2.71. The molecule has 2 aromatic rings. The van der Waals surface area contributed by atoms with Crippen LogP contribution in [0.1, 0.15) is 16.7 Å². The number of nitrogens with one attached hydrogen (secondary N) is 2. The van der Waals surface area contributed by atoms with Gasteiger partial charge in [-0.1, -0.05) is 35.9 Å². The van der Waals surface area contributed by atoms with Gasteiger partial charge in [0.1, 0.15) is 5.75 Å². The van der Waals surface area contributed by atoms with Crippen molar-refractivity contribution in [3.63, 3.8) is 0 Å². The van der Waals surface area contributed by atoms with Crippen LogP contribution in [0.25, 0.3) is 0 Å². The minimum atomic E-state index is -3.59. The summed E-state index contributed by atoms with van der Waals surface area (Å²) in [4.78, 5) is 4.30. The van der Waals surface area contributed by atoms with Crippen LogP contribution in [0.4, 0.5) is 8.78 Å². The van der Waals surface area contributed by atoms with Gasteiger partial charge >= 0.3 is 6.61 Å². The first-order valence-electron chi connectivity index (χ1n) is 9.14. The molecule has 0 unspecified atom stereocenters. The molecular formula is C20H26F2N4O3S. The Balaban J connectivity index is 2.10. The molecule has 0 fully saturated rings. The van der Waals surface area contributed by atoms with Gasteiger partial charge in [-0.15, -0.1) is 0 Å². The summed E-state index contributed by atoms with van der Waals surface area (Å²) in [6.07, 6.45) is 0. The quantitative estimate of drug-likeness (QED) is 0.487. The number of rotatable bonds is 8. The minimum Gasteiger partial charge on any atom is -0.434 e. The monoisotopic (exact) mass is 440 g/mol. The molecule has 164 valence electrons. The molecule has 0 saturated carbocycles. The van der Waals surface area contributed by atoms with E-state index in [1.54, 1.807) is 43.4 Å². The normalized spacial score (nSPS) is 12.3. The highest BCUT2D eigenvalue weighted by Gasteiger charge is 2.20. The van der Waals surface area contributed by atoms with Crippen LogP contribution in [-0.4, -0.2) is 46.4 Å². The maximum absolute atomic E-state index is 12.6. The van der Waals surface area contributed by atoms with Gasteiger partial charge in [0.05, 0.1) is 4.90 Å². The van der Waals surface area contributed by atoms with Crippen LogP contribution in [0.2, 0.25) is 0 Å². The third-order valence-electron chi connectivity index (χ3n) is 4.28. The molecule has 30 heavy (non-hydrogen) atoms. The van der Waals surface area contributed by atoms with Gasteiger partial charge in [0.2, 0.25) is 10.0 Å². The summed E-state index contributed by atoms with van der Waals surface area (Å²) in [7, 11) is 0.913. The Morgan fingerprint density at radius 2 is 1.73 bits per heavy atom. The van der Waals surface area contributed by atoms with E-state index in [0.29, 0.717) is 17.1 Å². The summed E-state index contributed by atoms with van der Waals surface area (Å²) in [6.45, 7) is -0.665. The van der Waals surface area contributed by atoms with E-state index in [-0.39, 0.29) is 23.7 Å². The fraction of sp³-hybridized carbons (Fsp3) is 0.350. The van der Waals surface area contributed by atoms with Crippen LogP contribution < -0.4 is 15.4 Å². The summed E-state index contributed by atoms with van der Waals surface area (Å²) in [5.41, 5.74) is 2.03. The van der Waals surface area contributed by atoms with Crippen LogP contribution in [-0.2, 0) is 23.1 Å². The number of hydrogen-bond acceptors (Lipinski definition) is 4. The zero-order valence-electron chi connectivity index (χ0n) is 17.3. The number of guanidine groups is 1. The molecule has 0 amide bonds. The Hall–Kier alpha value is -2.72. The van der Waals surface area contributed by atoms with E-state index in [9.17, 15) is 17.2 Å². The van der Waals surface area contributed by atoms with Gasteiger partial charge in [-0.05, 0) is 24.6 Å². The van der Waals surface area contributed by atoms with Crippen molar-refractivity contribution in [2.45, 2.75) is 31.5 Å². The van der Waals surface area contributed by atoms with Crippen molar-refractivity contribution in [2.24, 2.45) is 4.99 Å². The lowest BCUT2D eigenvalue weighted by Crippen LogP contribution is -2.37. The van der Waals surface area contributed by atoms with Crippen molar-refractivity contribution < 1.29 is 21.9 Å². The van der Waals surface area contributed by atoms with Crippen LogP contribution in [0.5, 0.6) is 5.75 Å². The topological polar surface area (TPSA) is 83.0 Å². The third kappa shape index (κ3) is 6.14. The molecule has 2 aromatic carbocycles. The highest BCUT2D eigenvalue weighted by Crippen LogP contribution is 2.22. The van der Waals surface area contributed by atoms with Gasteiger partial charge in [0.25, 0.3) is 0 Å². The Morgan fingerprint density at radius 3 is 2.33 bits per heavy atom. The van der Waals surface area contributed by atoms with Crippen LogP contribution in [0.3, 0.4) is 0 Å². The fourth-order valence-corrected chi connectivity index (χ4v) is 3.85. The summed E-state index contributed by atoms with van der Waals surface area (Å²) < 4.78 is 56.0. The first-order chi connectivity index (χ1) is 14.1. The lowest BCUT2D eigenvalue weighted by Gasteiger charge is -2.17. The van der Waals surface area contributed by atoms with Crippen LogP contribution in [0.15, 0.2) is 52.4 Å². The second kappa shape index (κ2) is 10.4. The van der Waals surface area contributed by atoms with E-state index in [4.69, 9.17) is 0 Å². The van der Waals surface area contributed by atoms with E-state index >= 15 is 0 Å². The molecule has 0 aliphatic rings. The Bertz CT molecular complexity index is 995. The molecule has 0 radical (unpaired) electrons. The molecule has 7 nitrogen and oxygen atoms in total. The zero-order chi connectivity index (χ0) is 22.3. The molecule has 0 atom stereocenters.